The molecule has 2 aromatic rings. The third kappa shape index (κ3) is 3.69. The average Bonchev–Trinajstić information content (AvgIpc) is 2.44. The summed E-state index contributed by atoms with van der Waals surface area (Å²) >= 11 is 0. The summed E-state index contributed by atoms with van der Waals surface area (Å²) in [6.07, 6.45) is 1.81. The molecule has 0 bridgehead atoms. The number of amides is 1. The number of primary amides is 1. The van der Waals surface area contributed by atoms with E-state index in [2.05, 4.69) is 48.1 Å². The van der Waals surface area contributed by atoms with Gasteiger partial charge in [0, 0.05) is 11.8 Å². The van der Waals surface area contributed by atoms with Crippen LogP contribution in [-0.2, 0) is 4.79 Å². The molecule has 0 atom stereocenters. The largest absolute Gasteiger partial charge is 0.375 e. The zero-order valence-corrected chi connectivity index (χ0v) is 12.3. The second kappa shape index (κ2) is 6.22. The highest BCUT2D eigenvalue weighted by molar-refractivity contribution is 5.78. The Balaban J connectivity index is 2.25. The minimum atomic E-state index is -0.426. The van der Waals surface area contributed by atoms with Gasteiger partial charge in [-0.1, -0.05) is 36.4 Å². The first kappa shape index (κ1) is 14.8. The number of nitrogens with two attached hydrogens (primary N) is 1. The van der Waals surface area contributed by atoms with Gasteiger partial charge in [0.1, 0.15) is 0 Å². The minimum Gasteiger partial charge on any atom is -0.375 e. The van der Waals surface area contributed by atoms with Crippen LogP contribution in [0.25, 0.3) is 16.8 Å². The van der Waals surface area contributed by atoms with Crippen LogP contribution in [0.1, 0.15) is 16.8 Å². The number of hydrogen-bond acceptors (Lipinski definition) is 3. The minimum absolute atomic E-state index is 0.0551. The lowest BCUT2D eigenvalue weighted by molar-refractivity contribution is -0.117. The number of pyridine rings is 1. The molecule has 1 heterocycles. The van der Waals surface area contributed by atoms with Crippen molar-refractivity contribution >= 4 is 11.6 Å². The molecule has 0 aliphatic heterocycles. The van der Waals surface area contributed by atoms with Crippen molar-refractivity contribution in [2.75, 3.05) is 6.54 Å². The summed E-state index contributed by atoms with van der Waals surface area (Å²) in [6, 6.07) is 10.3. The standard InChI is InChI=1S/C17H19N3O/c1-11-5-4-6-14(7-11)15-8-12(2)17(20-9-15)13(3)19-10-16(18)21/h4-9,19H,3,10H2,1-2H3,(H2,18,21). The molecule has 1 aromatic heterocycles. The molecule has 0 unspecified atom stereocenters. The summed E-state index contributed by atoms with van der Waals surface area (Å²) in [4.78, 5) is 15.2. The van der Waals surface area contributed by atoms with E-state index in [4.69, 9.17) is 5.73 Å². The fourth-order valence-corrected chi connectivity index (χ4v) is 2.15. The fourth-order valence-electron chi connectivity index (χ4n) is 2.15. The quantitative estimate of drug-likeness (QED) is 0.884. The van der Waals surface area contributed by atoms with E-state index >= 15 is 0 Å². The zero-order valence-electron chi connectivity index (χ0n) is 12.3. The highest BCUT2D eigenvalue weighted by Crippen LogP contribution is 2.23. The maximum absolute atomic E-state index is 10.8. The van der Waals surface area contributed by atoms with Crippen LogP contribution in [0.15, 0.2) is 43.1 Å². The van der Waals surface area contributed by atoms with Gasteiger partial charge in [0.05, 0.1) is 17.9 Å². The lowest BCUT2D eigenvalue weighted by Crippen LogP contribution is -2.27. The van der Waals surface area contributed by atoms with Crippen LogP contribution in [0.3, 0.4) is 0 Å². The first-order valence-corrected chi connectivity index (χ1v) is 6.72. The number of carbonyl (C=O) groups is 1. The Bertz CT molecular complexity index is 692. The smallest absolute Gasteiger partial charge is 0.236 e. The van der Waals surface area contributed by atoms with Crippen LogP contribution in [0.2, 0.25) is 0 Å². The van der Waals surface area contributed by atoms with Crippen molar-refractivity contribution in [1.82, 2.24) is 10.3 Å². The van der Waals surface area contributed by atoms with Crippen LogP contribution in [0.4, 0.5) is 0 Å². The van der Waals surface area contributed by atoms with E-state index in [1.54, 1.807) is 0 Å². The topological polar surface area (TPSA) is 68.0 Å². The van der Waals surface area contributed by atoms with Gasteiger partial charge < -0.3 is 11.1 Å². The summed E-state index contributed by atoms with van der Waals surface area (Å²) in [5.74, 6) is -0.426. The van der Waals surface area contributed by atoms with Crippen molar-refractivity contribution < 1.29 is 4.79 Å². The Morgan fingerprint density at radius 1 is 1.29 bits per heavy atom. The van der Waals surface area contributed by atoms with Gasteiger partial charge in [-0.15, -0.1) is 0 Å². The monoisotopic (exact) mass is 281 g/mol. The van der Waals surface area contributed by atoms with Crippen LogP contribution in [0.5, 0.6) is 0 Å². The second-order valence-electron chi connectivity index (χ2n) is 5.06. The van der Waals surface area contributed by atoms with Gasteiger partial charge in [-0.3, -0.25) is 9.78 Å². The van der Waals surface area contributed by atoms with Gasteiger partial charge in [0.2, 0.25) is 5.91 Å². The number of rotatable bonds is 5. The molecule has 0 radical (unpaired) electrons. The molecule has 0 aliphatic rings. The molecule has 0 aliphatic carbocycles. The molecule has 3 N–H and O–H groups in total. The number of nitrogens with zero attached hydrogens (tertiary/aromatic N) is 1. The highest BCUT2D eigenvalue weighted by Gasteiger charge is 2.07. The Morgan fingerprint density at radius 3 is 2.67 bits per heavy atom. The summed E-state index contributed by atoms with van der Waals surface area (Å²) in [5, 5.41) is 2.88. The van der Waals surface area contributed by atoms with Gasteiger partial charge in [0.15, 0.2) is 0 Å². The number of aromatic nitrogens is 1. The summed E-state index contributed by atoms with van der Waals surface area (Å²) in [7, 11) is 0. The third-order valence-corrected chi connectivity index (χ3v) is 3.19. The molecule has 108 valence electrons. The van der Waals surface area contributed by atoms with Gasteiger partial charge in [-0.05, 0) is 31.0 Å². The lowest BCUT2D eigenvalue weighted by Gasteiger charge is -2.11. The Morgan fingerprint density at radius 2 is 2.05 bits per heavy atom. The molecule has 0 saturated carbocycles. The van der Waals surface area contributed by atoms with Gasteiger partial charge in [-0.2, -0.15) is 0 Å². The molecular formula is C17H19N3O. The van der Waals surface area contributed by atoms with E-state index in [1.807, 2.05) is 19.2 Å². The first-order chi connectivity index (χ1) is 9.97. The van der Waals surface area contributed by atoms with E-state index in [0.717, 1.165) is 22.4 Å². The molecule has 4 heteroatoms. The molecule has 1 aromatic carbocycles. The number of nitrogens with one attached hydrogen (secondary N) is 1. The number of benzene rings is 1. The predicted octanol–water partition coefficient (Wildman–Crippen LogP) is 2.41. The van der Waals surface area contributed by atoms with Gasteiger partial charge in [-0.25, -0.2) is 0 Å². The SMILES string of the molecule is C=C(NCC(N)=O)c1ncc(-c2cccc(C)c2)cc1C. The Kier molecular flexibility index (Phi) is 4.38. The molecule has 0 fully saturated rings. The summed E-state index contributed by atoms with van der Waals surface area (Å²) in [6.45, 7) is 7.98. The van der Waals surface area contributed by atoms with E-state index in [1.165, 1.54) is 5.56 Å². The molecule has 21 heavy (non-hydrogen) atoms. The second-order valence-corrected chi connectivity index (χ2v) is 5.06. The molecule has 4 nitrogen and oxygen atoms in total. The molecule has 0 spiro atoms. The van der Waals surface area contributed by atoms with Crippen molar-refractivity contribution in [3.8, 4) is 11.1 Å². The Hall–Kier alpha value is -2.62. The van der Waals surface area contributed by atoms with E-state index in [-0.39, 0.29) is 6.54 Å². The lowest BCUT2D eigenvalue weighted by atomic mass is 10.0. The fraction of sp³-hybridized carbons (Fsp3) is 0.176. The van der Waals surface area contributed by atoms with E-state index in [9.17, 15) is 4.79 Å². The number of aryl methyl sites for hydroxylation is 2. The van der Waals surface area contributed by atoms with Crippen molar-refractivity contribution in [3.05, 3.63) is 59.9 Å². The summed E-state index contributed by atoms with van der Waals surface area (Å²) < 4.78 is 0. The average molecular weight is 281 g/mol. The van der Waals surface area contributed by atoms with Crippen molar-refractivity contribution in [3.63, 3.8) is 0 Å². The maximum atomic E-state index is 10.8. The van der Waals surface area contributed by atoms with Gasteiger partial charge >= 0.3 is 0 Å². The van der Waals surface area contributed by atoms with Crippen LogP contribution < -0.4 is 11.1 Å². The molecule has 1 amide bonds. The van der Waals surface area contributed by atoms with E-state index in [0.29, 0.717) is 5.70 Å². The van der Waals surface area contributed by atoms with Crippen LogP contribution >= 0.6 is 0 Å². The van der Waals surface area contributed by atoms with E-state index < -0.39 is 5.91 Å². The molecule has 2 rings (SSSR count). The molecule has 0 saturated heterocycles. The number of carbonyl (C=O) groups excluding carboxylic acids is 1. The predicted molar refractivity (Wildman–Crippen MR) is 85.4 cm³/mol. The zero-order chi connectivity index (χ0) is 15.4. The van der Waals surface area contributed by atoms with Crippen molar-refractivity contribution in [2.24, 2.45) is 5.73 Å². The van der Waals surface area contributed by atoms with Gasteiger partial charge in [0.25, 0.3) is 0 Å². The van der Waals surface area contributed by atoms with Crippen LogP contribution in [0, 0.1) is 13.8 Å². The maximum Gasteiger partial charge on any atom is 0.236 e. The Labute approximate surface area is 124 Å². The molecular weight excluding hydrogens is 262 g/mol. The third-order valence-electron chi connectivity index (χ3n) is 3.19. The van der Waals surface area contributed by atoms with Crippen molar-refractivity contribution in [1.29, 1.82) is 0 Å². The first-order valence-electron chi connectivity index (χ1n) is 6.72. The summed E-state index contributed by atoms with van der Waals surface area (Å²) in [5.41, 5.74) is 10.8. The normalized spacial score (nSPS) is 10.2. The highest BCUT2D eigenvalue weighted by atomic mass is 16.1. The number of hydrogen-bond donors (Lipinski definition) is 2. The van der Waals surface area contributed by atoms with Crippen LogP contribution in [-0.4, -0.2) is 17.4 Å². The van der Waals surface area contributed by atoms with Crippen molar-refractivity contribution in [2.45, 2.75) is 13.8 Å².